The third kappa shape index (κ3) is 2.81. The van der Waals surface area contributed by atoms with Crippen molar-refractivity contribution in [2.24, 2.45) is 11.3 Å². The van der Waals surface area contributed by atoms with E-state index in [2.05, 4.69) is 36.3 Å². The summed E-state index contributed by atoms with van der Waals surface area (Å²) in [6.45, 7) is 6.38. The highest BCUT2D eigenvalue weighted by atomic mass is 16.3. The van der Waals surface area contributed by atoms with Gasteiger partial charge < -0.3 is 5.11 Å². The van der Waals surface area contributed by atoms with Gasteiger partial charge in [0.05, 0.1) is 5.69 Å². The van der Waals surface area contributed by atoms with Crippen molar-refractivity contribution in [1.82, 2.24) is 20.2 Å². The number of hydrogen-bond acceptors (Lipinski definition) is 4. The maximum Gasteiger partial charge on any atom is 0.157 e. The highest BCUT2D eigenvalue weighted by Gasteiger charge is 2.30. The number of nitrogens with zero attached hydrogens (tertiary/aromatic N) is 4. The van der Waals surface area contributed by atoms with Crippen LogP contribution >= 0.6 is 0 Å². The Morgan fingerprint density at radius 3 is 2.53 bits per heavy atom. The molecule has 102 valence electrons. The Hall–Kier alpha value is -1.75. The van der Waals surface area contributed by atoms with Gasteiger partial charge in [0, 0.05) is 18.4 Å². The van der Waals surface area contributed by atoms with Crippen molar-refractivity contribution in [3.63, 3.8) is 0 Å². The molecular formula is C14H20N4O. The van der Waals surface area contributed by atoms with Gasteiger partial charge in [0.1, 0.15) is 0 Å². The number of aliphatic hydroxyl groups excluding tert-OH is 1. The fourth-order valence-corrected chi connectivity index (χ4v) is 1.89. The lowest BCUT2D eigenvalue weighted by Crippen LogP contribution is -2.31. The monoisotopic (exact) mass is 260 g/mol. The average Bonchev–Trinajstić information content (AvgIpc) is 2.87. The Bertz CT molecular complexity index is 523. The van der Waals surface area contributed by atoms with Crippen LogP contribution in [0, 0.1) is 11.3 Å². The van der Waals surface area contributed by atoms with Crippen LogP contribution in [-0.4, -0.2) is 31.9 Å². The normalized spacial score (nSPS) is 14.6. The largest absolute Gasteiger partial charge is 0.396 e. The number of hydrogen-bond donors (Lipinski definition) is 1. The Kier molecular flexibility index (Phi) is 3.95. The first kappa shape index (κ1) is 13.7. The number of rotatable bonds is 5. The molecule has 1 aromatic heterocycles. The van der Waals surface area contributed by atoms with Crippen molar-refractivity contribution < 1.29 is 5.11 Å². The van der Waals surface area contributed by atoms with Gasteiger partial charge in [0.25, 0.3) is 0 Å². The summed E-state index contributed by atoms with van der Waals surface area (Å²) < 4.78 is 1.73. The summed E-state index contributed by atoms with van der Waals surface area (Å²) in [5.74, 6) is 1.12. The molecule has 0 radical (unpaired) electrons. The van der Waals surface area contributed by atoms with E-state index in [1.807, 2.05) is 30.3 Å². The maximum atomic E-state index is 9.64. The lowest BCUT2D eigenvalue weighted by molar-refractivity contribution is 0.0920. The SMILES string of the molecule is CC(C)C(C)(CO)Cc1nnnn1-c1ccccc1. The highest BCUT2D eigenvalue weighted by molar-refractivity contribution is 5.30. The molecule has 1 atom stereocenters. The van der Waals surface area contributed by atoms with Crippen LogP contribution in [0.2, 0.25) is 0 Å². The summed E-state index contributed by atoms with van der Waals surface area (Å²) in [6.07, 6.45) is 0.642. The topological polar surface area (TPSA) is 63.8 Å². The second kappa shape index (κ2) is 5.48. The van der Waals surface area contributed by atoms with Crippen molar-refractivity contribution in [1.29, 1.82) is 0 Å². The van der Waals surface area contributed by atoms with E-state index in [-0.39, 0.29) is 12.0 Å². The number of benzene rings is 1. The van der Waals surface area contributed by atoms with Crippen LogP contribution in [0.15, 0.2) is 30.3 Å². The molecule has 1 heterocycles. The molecule has 1 N–H and O–H groups in total. The van der Waals surface area contributed by atoms with Crippen LogP contribution in [0.3, 0.4) is 0 Å². The summed E-state index contributed by atoms with van der Waals surface area (Å²) in [7, 11) is 0. The van der Waals surface area contributed by atoms with Gasteiger partial charge in [0.2, 0.25) is 0 Å². The number of aromatic nitrogens is 4. The van der Waals surface area contributed by atoms with Crippen molar-refractivity contribution >= 4 is 0 Å². The van der Waals surface area contributed by atoms with E-state index < -0.39 is 0 Å². The minimum absolute atomic E-state index is 0.117. The predicted octanol–water partition coefficient (Wildman–Crippen LogP) is 1.86. The zero-order valence-electron chi connectivity index (χ0n) is 11.6. The van der Waals surface area contributed by atoms with E-state index in [9.17, 15) is 5.11 Å². The first-order valence-corrected chi connectivity index (χ1v) is 6.50. The Morgan fingerprint density at radius 1 is 1.26 bits per heavy atom. The van der Waals surface area contributed by atoms with Crippen molar-refractivity contribution in [2.45, 2.75) is 27.2 Å². The summed E-state index contributed by atoms with van der Waals surface area (Å²) in [4.78, 5) is 0. The average molecular weight is 260 g/mol. The van der Waals surface area contributed by atoms with Gasteiger partial charge in [-0.2, -0.15) is 4.68 Å². The predicted molar refractivity (Wildman–Crippen MR) is 72.9 cm³/mol. The Labute approximate surface area is 113 Å². The maximum absolute atomic E-state index is 9.64. The number of tetrazole rings is 1. The van der Waals surface area contributed by atoms with Crippen LogP contribution in [0.25, 0.3) is 5.69 Å². The highest BCUT2D eigenvalue weighted by Crippen LogP contribution is 2.30. The van der Waals surface area contributed by atoms with Gasteiger partial charge in [-0.1, -0.05) is 39.0 Å². The second-order valence-electron chi connectivity index (χ2n) is 5.49. The summed E-state index contributed by atoms with van der Waals surface area (Å²) in [5, 5.41) is 21.5. The molecule has 0 aliphatic carbocycles. The fourth-order valence-electron chi connectivity index (χ4n) is 1.89. The molecule has 19 heavy (non-hydrogen) atoms. The third-order valence-corrected chi connectivity index (χ3v) is 3.85. The molecule has 0 saturated carbocycles. The molecular weight excluding hydrogens is 240 g/mol. The molecule has 0 fully saturated rings. The van der Waals surface area contributed by atoms with E-state index in [1.165, 1.54) is 0 Å². The lowest BCUT2D eigenvalue weighted by atomic mass is 9.77. The van der Waals surface area contributed by atoms with E-state index >= 15 is 0 Å². The molecule has 0 bridgehead atoms. The van der Waals surface area contributed by atoms with Crippen LogP contribution in [0.1, 0.15) is 26.6 Å². The molecule has 0 aliphatic rings. The van der Waals surface area contributed by atoms with Gasteiger partial charge in [-0.15, -0.1) is 5.10 Å². The molecule has 0 spiro atoms. The molecule has 1 aromatic carbocycles. The molecule has 0 amide bonds. The minimum atomic E-state index is -0.221. The standard InChI is InChI=1S/C14H20N4O/c1-11(2)14(3,10-19)9-13-15-16-17-18(13)12-7-5-4-6-8-12/h4-8,11,19H,9-10H2,1-3H3. The fraction of sp³-hybridized carbons (Fsp3) is 0.500. The van der Waals surface area contributed by atoms with Crippen LogP contribution in [-0.2, 0) is 6.42 Å². The van der Waals surface area contributed by atoms with Crippen LogP contribution < -0.4 is 0 Å². The summed E-state index contributed by atoms with van der Waals surface area (Å²) in [5.41, 5.74) is 0.716. The zero-order valence-corrected chi connectivity index (χ0v) is 11.6. The Balaban J connectivity index is 2.31. The van der Waals surface area contributed by atoms with Crippen molar-refractivity contribution in [3.05, 3.63) is 36.2 Å². The van der Waals surface area contributed by atoms with E-state index in [0.717, 1.165) is 11.5 Å². The van der Waals surface area contributed by atoms with Crippen molar-refractivity contribution in [2.75, 3.05) is 6.61 Å². The molecule has 1 unspecified atom stereocenters. The van der Waals surface area contributed by atoms with Gasteiger partial charge in [-0.3, -0.25) is 0 Å². The Morgan fingerprint density at radius 2 is 1.95 bits per heavy atom. The second-order valence-corrected chi connectivity index (χ2v) is 5.49. The first-order valence-electron chi connectivity index (χ1n) is 6.50. The lowest BCUT2D eigenvalue weighted by Gasteiger charge is -2.30. The molecule has 2 aromatic rings. The number of para-hydroxylation sites is 1. The van der Waals surface area contributed by atoms with Gasteiger partial charge in [-0.05, 0) is 28.5 Å². The summed E-state index contributed by atoms with van der Waals surface area (Å²) in [6, 6.07) is 9.79. The zero-order chi connectivity index (χ0) is 13.9. The van der Waals surface area contributed by atoms with E-state index in [0.29, 0.717) is 12.3 Å². The third-order valence-electron chi connectivity index (χ3n) is 3.85. The van der Waals surface area contributed by atoms with Crippen molar-refractivity contribution in [3.8, 4) is 5.69 Å². The van der Waals surface area contributed by atoms with Gasteiger partial charge >= 0.3 is 0 Å². The first-order chi connectivity index (χ1) is 9.07. The molecule has 5 heteroatoms. The van der Waals surface area contributed by atoms with Crippen LogP contribution in [0.4, 0.5) is 0 Å². The molecule has 5 nitrogen and oxygen atoms in total. The van der Waals surface area contributed by atoms with Crippen LogP contribution in [0.5, 0.6) is 0 Å². The van der Waals surface area contributed by atoms with Gasteiger partial charge in [0.15, 0.2) is 5.82 Å². The minimum Gasteiger partial charge on any atom is -0.396 e. The van der Waals surface area contributed by atoms with E-state index in [1.54, 1.807) is 4.68 Å². The molecule has 2 rings (SSSR count). The van der Waals surface area contributed by atoms with E-state index in [4.69, 9.17) is 0 Å². The smallest absolute Gasteiger partial charge is 0.157 e. The quantitative estimate of drug-likeness (QED) is 0.891. The molecule has 0 saturated heterocycles. The number of aliphatic hydroxyl groups is 1. The van der Waals surface area contributed by atoms with Gasteiger partial charge in [-0.25, -0.2) is 0 Å². The molecule has 0 aliphatic heterocycles. The summed E-state index contributed by atoms with van der Waals surface area (Å²) >= 11 is 0.